The van der Waals surface area contributed by atoms with Gasteiger partial charge in [-0.2, -0.15) is 0 Å². The van der Waals surface area contributed by atoms with Crippen LogP contribution >= 0.6 is 0 Å². The zero-order chi connectivity index (χ0) is 9.68. The van der Waals surface area contributed by atoms with Crippen molar-refractivity contribution < 1.29 is 4.52 Å². The molecule has 0 fully saturated rings. The molecule has 3 heteroatoms. The highest BCUT2D eigenvalue weighted by Crippen LogP contribution is 2.16. The Morgan fingerprint density at radius 1 is 1.38 bits per heavy atom. The molecule has 1 heterocycles. The molecule has 0 bridgehead atoms. The average Bonchev–Trinajstić information content (AvgIpc) is 2.49. The van der Waals surface area contributed by atoms with Gasteiger partial charge in [0.05, 0.1) is 0 Å². The molecule has 74 valence electrons. The maximum Gasteiger partial charge on any atom is 0.140 e. The van der Waals surface area contributed by atoms with Gasteiger partial charge in [0, 0.05) is 18.5 Å². The first-order valence-corrected chi connectivity index (χ1v) is 4.94. The molecule has 0 amide bonds. The third-order valence-corrected chi connectivity index (χ3v) is 2.13. The van der Waals surface area contributed by atoms with Crippen LogP contribution in [0.5, 0.6) is 0 Å². The molecule has 1 aromatic rings. The van der Waals surface area contributed by atoms with Crippen LogP contribution < -0.4 is 5.32 Å². The molecule has 0 aliphatic carbocycles. The minimum absolute atomic E-state index is 0.802. The standard InChI is InChI=1S/C10H18N2O/c1-4-6-10-8(5-2)9(7-11-3)12-13-10/h11H,4-7H2,1-3H3. The molecule has 0 aromatic carbocycles. The van der Waals surface area contributed by atoms with Crippen LogP contribution in [0.15, 0.2) is 4.52 Å². The monoisotopic (exact) mass is 182 g/mol. The van der Waals surface area contributed by atoms with Gasteiger partial charge < -0.3 is 9.84 Å². The third-order valence-electron chi connectivity index (χ3n) is 2.13. The maximum absolute atomic E-state index is 5.29. The highest BCUT2D eigenvalue weighted by atomic mass is 16.5. The van der Waals surface area contributed by atoms with E-state index < -0.39 is 0 Å². The third kappa shape index (κ3) is 2.31. The van der Waals surface area contributed by atoms with Gasteiger partial charge in [-0.3, -0.25) is 0 Å². The molecule has 13 heavy (non-hydrogen) atoms. The van der Waals surface area contributed by atoms with E-state index in [9.17, 15) is 0 Å². The lowest BCUT2D eigenvalue weighted by Gasteiger charge is -1.98. The first-order chi connectivity index (χ1) is 6.33. The zero-order valence-corrected chi connectivity index (χ0v) is 8.68. The molecule has 0 spiro atoms. The number of hydrogen-bond acceptors (Lipinski definition) is 3. The van der Waals surface area contributed by atoms with E-state index in [2.05, 4.69) is 24.3 Å². The van der Waals surface area contributed by atoms with Gasteiger partial charge in [0.2, 0.25) is 0 Å². The molecule has 0 aliphatic rings. The summed E-state index contributed by atoms with van der Waals surface area (Å²) in [7, 11) is 1.92. The maximum atomic E-state index is 5.29. The Morgan fingerprint density at radius 2 is 2.15 bits per heavy atom. The van der Waals surface area contributed by atoms with E-state index in [0.717, 1.165) is 37.3 Å². The first kappa shape index (κ1) is 10.3. The van der Waals surface area contributed by atoms with E-state index in [1.165, 1.54) is 5.56 Å². The Kier molecular flexibility index (Phi) is 3.96. The summed E-state index contributed by atoms with van der Waals surface area (Å²) in [5, 5.41) is 7.15. The van der Waals surface area contributed by atoms with Crippen molar-refractivity contribution in [3.63, 3.8) is 0 Å². The van der Waals surface area contributed by atoms with E-state index in [-0.39, 0.29) is 0 Å². The fourth-order valence-electron chi connectivity index (χ4n) is 1.51. The highest BCUT2D eigenvalue weighted by molar-refractivity contribution is 5.23. The van der Waals surface area contributed by atoms with Gasteiger partial charge in [0.1, 0.15) is 11.5 Å². The largest absolute Gasteiger partial charge is 0.361 e. The van der Waals surface area contributed by atoms with Crippen LogP contribution in [0.25, 0.3) is 0 Å². The summed E-state index contributed by atoms with van der Waals surface area (Å²) in [6, 6.07) is 0. The van der Waals surface area contributed by atoms with Crippen molar-refractivity contribution in [1.82, 2.24) is 10.5 Å². The molecule has 0 saturated carbocycles. The van der Waals surface area contributed by atoms with Gasteiger partial charge in [-0.25, -0.2) is 0 Å². The number of aromatic nitrogens is 1. The molecular weight excluding hydrogens is 164 g/mol. The number of rotatable bonds is 5. The van der Waals surface area contributed by atoms with E-state index in [1.807, 2.05) is 7.05 Å². The van der Waals surface area contributed by atoms with Crippen LogP contribution in [-0.4, -0.2) is 12.2 Å². The molecule has 1 aromatic heterocycles. The van der Waals surface area contributed by atoms with Crippen LogP contribution in [0.2, 0.25) is 0 Å². The predicted molar refractivity (Wildman–Crippen MR) is 52.6 cm³/mol. The van der Waals surface area contributed by atoms with Crippen LogP contribution in [0.4, 0.5) is 0 Å². The summed E-state index contributed by atoms with van der Waals surface area (Å²) in [5.41, 5.74) is 2.35. The van der Waals surface area contributed by atoms with Crippen molar-refractivity contribution >= 4 is 0 Å². The topological polar surface area (TPSA) is 38.1 Å². The van der Waals surface area contributed by atoms with Crippen molar-refractivity contribution in [2.24, 2.45) is 0 Å². The number of hydrogen-bond donors (Lipinski definition) is 1. The van der Waals surface area contributed by atoms with Crippen LogP contribution in [-0.2, 0) is 19.4 Å². The number of nitrogens with zero attached hydrogens (tertiary/aromatic N) is 1. The normalized spacial score (nSPS) is 10.7. The van der Waals surface area contributed by atoms with Gasteiger partial charge in [0.25, 0.3) is 0 Å². The number of aryl methyl sites for hydroxylation is 1. The van der Waals surface area contributed by atoms with Gasteiger partial charge >= 0.3 is 0 Å². The molecule has 3 nitrogen and oxygen atoms in total. The zero-order valence-electron chi connectivity index (χ0n) is 8.68. The minimum atomic E-state index is 0.802. The summed E-state index contributed by atoms with van der Waals surface area (Å²) in [4.78, 5) is 0. The second kappa shape index (κ2) is 5.02. The van der Waals surface area contributed by atoms with Crippen LogP contribution in [0, 0.1) is 0 Å². The second-order valence-electron chi connectivity index (χ2n) is 3.16. The van der Waals surface area contributed by atoms with Crippen molar-refractivity contribution in [3.8, 4) is 0 Å². The molecule has 0 atom stereocenters. The molecule has 0 radical (unpaired) electrons. The summed E-state index contributed by atoms with van der Waals surface area (Å²) >= 11 is 0. The summed E-state index contributed by atoms with van der Waals surface area (Å²) in [6.07, 6.45) is 3.12. The molecule has 0 saturated heterocycles. The van der Waals surface area contributed by atoms with E-state index >= 15 is 0 Å². The quantitative estimate of drug-likeness (QED) is 0.756. The molecular formula is C10H18N2O. The van der Waals surface area contributed by atoms with Gasteiger partial charge in [0.15, 0.2) is 0 Å². The molecule has 1 rings (SSSR count). The fraction of sp³-hybridized carbons (Fsp3) is 0.700. The van der Waals surface area contributed by atoms with Crippen molar-refractivity contribution in [2.75, 3.05) is 7.05 Å². The van der Waals surface area contributed by atoms with Crippen molar-refractivity contribution in [2.45, 2.75) is 39.7 Å². The number of nitrogens with one attached hydrogen (secondary N) is 1. The lowest BCUT2D eigenvalue weighted by atomic mass is 10.1. The Hall–Kier alpha value is -0.830. The van der Waals surface area contributed by atoms with E-state index in [1.54, 1.807) is 0 Å². The first-order valence-electron chi connectivity index (χ1n) is 4.94. The van der Waals surface area contributed by atoms with Crippen molar-refractivity contribution in [1.29, 1.82) is 0 Å². The van der Waals surface area contributed by atoms with Gasteiger partial charge in [-0.15, -0.1) is 0 Å². The van der Waals surface area contributed by atoms with E-state index in [4.69, 9.17) is 4.52 Å². The molecule has 1 N–H and O–H groups in total. The summed E-state index contributed by atoms with van der Waals surface area (Å²) < 4.78 is 5.29. The Morgan fingerprint density at radius 3 is 2.69 bits per heavy atom. The lowest BCUT2D eigenvalue weighted by Crippen LogP contribution is -2.07. The highest BCUT2D eigenvalue weighted by Gasteiger charge is 2.12. The van der Waals surface area contributed by atoms with Crippen molar-refractivity contribution in [3.05, 3.63) is 17.0 Å². The smallest absolute Gasteiger partial charge is 0.140 e. The lowest BCUT2D eigenvalue weighted by molar-refractivity contribution is 0.374. The van der Waals surface area contributed by atoms with Gasteiger partial charge in [-0.1, -0.05) is 19.0 Å². The van der Waals surface area contributed by atoms with Crippen LogP contribution in [0.1, 0.15) is 37.3 Å². The van der Waals surface area contributed by atoms with Crippen LogP contribution in [0.3, 0.4) is 0 Å². The molecule has 0 unspecified atom stereocenters. The molecule has 0 aliphatic heterocycles. The second-order valence-corrected chi connectivity index (χ2v) is 3.16. The predicted octanol–water partition coefficient (Wildman–Crippen LogP) is 1.91. The fourth-order valence-corrected chi connectivity index (χ4v) is 1.51. The Bertz CT molecular complexity index is 232. The minimum Gasteiger partial charge on any atom is -0.361 e. The van der Waals surface area contributed by atoms with Gasteiger partial charge in [-0.05, 0) is 19.9 Å². The Labute approximate surface area is 79.5 Å². The summed E-state index contributed by atoms with van der Waals surface area (Å²) in [6.45, 7) is 5.10. The average molecular weight is 182 g/mol. The summed E-state index contributed by atoms with van der Waals surface area (Å²) in [5.74, 6) is 1.07. The Balaban J connectivity index is 2.82. The SMILES string of the molecule is CCCc1onc(CNC)c1CC. The van der Waals surface area contributed by atoms with E-state index in [0.29, 0.717) is 0 Å².